The van der Waals surface area contributed by atoms with Crippen molar-refractivity contribution in [2.75, 3.05) is 14.7 Å². The molecule has 3 aromatic heterocycles. The molecule has 4 nitrogen and oxygen atoms in total. The monoisotopic (exact) mass is 856 g/mol. The fraction of sp³-hybridized carbons (Fsp3) is 0. The van der Waals surface area contributed by atoms with Crippen LogP contribution < -0.4 is 31.1 Å². The molecule has 0 unspecified atom stereocenters. The molecule has 0 amide bonds. The van der Waals surface area contributed by atoms with Gasteiger partial charge in [-0.3, -0.25) is 0 Å². The molecule has 15 rings (SSSR count). The third kappa shape index (κ3) is 4.83. The van der Waals surface area contributed by atoms with Gasteiger partial charge in [0.25, 0.3) is 6.71 Å². The van der Waals surface area contributed by atoms with Crippen molar-refractivity contribution in [1.82, 2.24) is 4.40 Å². The third-order valence-corrected chi connectivity index (χ3v) is 15.3. The molecule has 13 aromatic rings. The summed E-state index contributed by atoms with van der Waals surface area (Å²) in [5.74, 6) is 0. The van der Waals surface area contributed by atoms with Gasteiger partial charge in [0.2, 0.25) is 0 Å². The highest BCUT2D eigenvalue weighted by Gasteiger charge is 2.47. The molecule has 2 aliphatic rings. The maximum atomic E-state index is 2.62. The summed E-state index contributed by atoms with van der Waals surface area (Å²) in [7, 11) is 0. The van der Waals surface area contributed by atoms with E-state index in [0.717, 1.165) is 28.4 Å². The second-order valence-corrected chi connectivity index (χ2v) is 18.7. The van der Waals surface area contributed by atoms with Gasteiger partial charge in [0, 0.05) is 81.5 Å². The van der Waals surface area contributed by atoms with Gasteiger partial charge in [0.05, 0.1) is 27.9 Å². The highest BCUT2D eigenvalue weighted by Crippen LogP contribution is 2.55. The van der Waals surface area contributed by atoms with Gasteiger partial charge in [-0.05, 0) is 107 Å². The Labute approximate surface area is 385 Å². The van der Waals surface area contributed by atoms with Crippen LogP contribution in [-0.2, 0) is 0 Å². The van der Waals surface area contributed by atoms with Crippen molar-refractivity contribution in [2.24, 2.45) is 0 Å². The van der Waals surface area contributed by atoms with Gasteiger partial charge in [-0.1, -0.05) is 133 Å². The first kappa shape index (κ1) is 36.1. The lowest BCUT2D eigenvalue weighted by atomic mass is 9.33. The standard InChI is InChI=1S/C60H37BN4S/c1-5-19-38(20-6-1)62(39-21-7-2-8-22-39)42-33-34-47-51(35-42)63(40-23-9-3-10-24-40)59-55-44-28-13-16-30-49(44)65-50-31-17-14-29-45(50)56(58(55)65)60-57(59)61(47)48-37-54-46(43-27-15-18-32-53(43)66-54)36-52(48)64(60)41-25-11-4-12-26-41/h1-37H. The van der Waals surface area contributed by atoms with Gasteiger partial charge in [-0.2, -0.15) is 0 Å². The van der Waals surface area contributed by atoms with Gasteiger partial charge < -0.3 is 19.1 Å². The summed E-state index contributed by atoms with van der Waals surface area (Å²) >= 11 is 1.90. The highest BCUT2D eigenvalue weighted by molar-refractivity contribution is 7.26. The third-order valence-electron chi connectivity index (χ3n) is 14.2. The number of thiophene rings is 1. The SMILES string of the molecule is c1ccc(N(c2ccccc2)c2ccc3c(c2)N(c2ccccc2)c2c4c(c5c6ccccc6n6c7ccccc7c2c56)N(c2ccccc2)c2cc5c(cc2B34)sc2ccccc25)cc1. The molecule has 0 atom stereocenters. The number of fused-ring (bicyclic) bond motifs is 15. The molecule has 0 spiro atoms. The average molecular weight is 857 g/mol. The summed E-state index contributed by atoms with van der Waals surface area (Å²) in [5, 5.41) is 7.69. The number of aromatic nitrogens is 1. The first-order chi connectivity index (χ1) is 32.8. The van der Waals surface area contributed by atoms with Crippen LogP contribution in [0.3, 0.4) is 0 Å². The zero-order chi connectivity index (χ0) is 43.0. The summed E-state index contributed by atoms with van der Waals surface area (Å²) in [6, 6.07) is 83.1. The average Bonchev–Trinajstić information content (AvgIpc) is 4.04. The van der Waals surface area contributed by atoms with E-state index >= 15 is 0 Å². The summed E-state index contributed by atoms with van der Waals surface area (Å²) in [4.78, 5) is 7.62. The second-order valence-electron chi connectivity index (χ2n) is 17.6. The van der Waals surface area contributed by atoms with Crippen LogP contribution in [0.5, 0.6) is 0 Å². The van der Waals surface area contributed by atoms with E-state index in [1.165, 1.54) is 97.4 Å². The van der Waals surface area contributed by atoms with Crippen molar-refractivity contribution in [3.05, 3.63) is 224 Å². The molecule has 306 valence electrons. The second kappa shape index (κ2) is 13.6. The molecule has 0 fully saturated rings. The molecule has 0 saturated heterocycles. The van der Waals surface area contributed by atoms with E-state index in [2.05, 4.69) is 244 Å². The Bertz CT molecular complexity index is 4030. The number of nitrogens with zero attached hydrogens (tertiary/aromatic N) is 4. The topological polar surface area (TPSA) is 14.1 Å². The minimum atomic E-state index is -0.0824. The van der Waals surface area contributed by atoms with Gasteiger partial charge >= 0.3 is 0 Å². The van der Waals surface area contributed by atoms with Crippen LogP contribution in [0, 0.1) is 0 Å². The number of hydrogen-bond acceptors (Lipinski definition) is 4. The molecule has 10 aromatic carbocycles. The summed E-state index contributed by atoms with van der Waals surface area (Å²) in [5.41, 5.74) is 18.1. The van der Waals surface area contributed by atoms with E-state index < -0.39 is 0 Å². The molecule has 6 heteroatoms. The Morgan fingerprint density at radius 3 is 1.47 bits per heavy atom. The van der Waals surface area contributed by atoms with Crippen LogP contribution in [0.25, 0.3) is 58.3 Å². The van der Waals surface area contributed by atoms with Crippen molar-refractivity contribution < 1.29 is 0 Å². The lowest BCUT2D eigenvalue weighted by Gasteiger charge is -2.45. The van der Waals surface area contributed by atoms with E-state index in [0.29, 0.717) is 0 Å². The molecule has 0 saturated carbocycles. The lowest BCUT2D eigenvalue weighted by Crippen LogP contribution is -2.61. The van der Waals surface area contributed by atoms with Crippen LogP contribution in [-0.4, -0.2) is 11.1 Å². The predicted octanol–water partition coefficient (Wildman–Crippen LogP) is 14.8. The number of anilines is 9. The minimum Gasteiger partial charge on any atom is -0.311 e. The summed E-state index contributed by atoms with van der Waals surface area (Å²) < 4.78 is 5.17. The Morgan fingerprint density at radius 2 is 0.879 bits per heavy atom. The van der Waals surface area contributed by atoms with E-state index in [9.17, 15) is 0 Å². The fourth-order valence-electron chi connectivity index (χ4n) is 11.7. The normalized spacial score (nSPS) is 13.1. The van der Waals surface area contributed by atoms with Crippen LogP contribution in [0.2, 0.25) is 0 Å². The van der Waals surface area contributed by atoms with Crippen LogP contribution >= 0.6 is 11.3 Å². The highest BCUT2D eigenvalue weighted by atomic mass is 32.1. The summed E-state index contributed by atoms with van der Waals surface area (Å²) in [6.45, 7) is -0.0824. The predicted molar refractivity (Wildman–Crippen MR) is 283 cm³/mol. The van der Waals surface area contributed by atoms with E-state index in [-0.39, 0.29) is 6.71 Å². The van der Waals surface area contributed by atoms with Gasteiger partial charge in [-0.15, -0.1) is 11.3 Å². The lowest BCUT2D eigenvalue weighted by molar-refractivity contribution is 1.25. The molecule has 66 heavy (non-hydrogen) atoms. The Kier molecular flexibility index (Phi) is 7.43. The molecule has 0 N–H and O–H groups in total. The number of benzene rings is 10. The molecule has 0 bridgehead atoms. The Hall–Kier alpha value is -8.32. The molecule has 2 aliphatic heterocycles. The number of rotatable bonds is 5. The van der Waals surface area contributed by atoms with Crippen molar-refractivity contribution in [3.8, 4) is 0 Å². The van der Waals surface area contributed by atoms with Crippen molar-refractivity contribution in [3.63, 3.8) is 0 Å². The largest absolute Gasteiger partial charge is 0.311 e. The van der Waals surface area contributed by atoms with E-state index in [1.807, 2.05) is 11.3 Å². The van der Waals surface area contributed by atoms with Crippen molar-refractivity contribution >= 4 is 144 Å². The number of hydrogen-bond donors (Lipinski definition) is 0. The first-order valence-electron chi connectivity index (χ1n) is 22.7. The molecule has 0 aliphatic carbocycles. The quantitative estimate of drug-likeness (QED) is 0.160. The molecule has 5 heterocycles. The minimum absolute atomic E-state index is 0.0824. The van der Waals surface area contributed by atoms with Gasteiger partial charge in [0.15, 0.2) is 0 Å². The maximum absolute atomic E-state index is 2.62. The molecular weight excluding hydrogens is 820 g/mol. The van der Waals surface area contributed by atoms with Crippen LogP contribution in [0.4, 0.5) is 51.2 Å². The first-order valence-corrected chi connectivity index (χ1v) is 23.5. The number of para-hydroxylation sites is 6. The van der Waals surface area contributed by atoms with Crippen LogP contribution in [0.1, 0.15) is 0 Å². The summed E-state index contributed by atoms with van der Waals surface area (Å²) in [6.07, 6.45) is 0. The Morgan fingerprint density at radius 1 is 0.379 bits per heavy atom. The molecule has 0 radical (unpaired) electrons. The van der Waals surface area contributed by atoms with Crippen molar-refractivity contribution in [1.29, 1.82) is 0 Å². The van der Waals surface area contributed by atoms with Crippen LogP contribution in [0.15, 0.2) is 224 Å². The Balaban J connectivity index is 1.16. The van der Waals surface area contributed by atoms with Gasteiger partial charge in [-0.25, -0.2) is 0 Å². The van der Waals surface area contributed by atoms with Crippen molar-refractivity contribution in [2.45, 2.75) is 0 Å². The molecular formula is C60H37BN4S. The van der Waals surface area contributed by atoms with Gasteiger partial charge in [0.1, 0.15) is 0 Å². The zero-order valence-corrected chi connectivity index (χ0v) is 36.5. The zero-order valence-electron chi connectivity index (χ0n) is 35.6. The van der Waals surface area contributed by atoms with E-state index in [1.54, 1.807) is 0 Å². The van der Waals surface area contributed by atoms with E-state index in [4.69, 9.17) is 0 Å². The maximum Gasteiger partial charge on any atom is 0.252 e. The fourth-order valence-corrected chi connectivity index (χ4v) is 12.8. The smallest absolute Gasteiger partial charge is 0.252 e.